The minimum atomic E-state index is -0.0433. The van der Waals surface area contributed by atoms with Gasteiger partial charge in [0.05, 0.1) is 0 Å². The van der Waals surface area contributed by atoms with Gasteiger partial charge >= 0.3 is 0 Å². The highest BCUT2D eigenvalue weighted by molar-refractivity contribution is 7.58. The SMILES string of the molecule is OCCCCCCCCP(CCCCCCCCO)CN(CP(CCCCCCCCO)CCCCCCCCO)c1ccccc1. The first-order chi connectivity index (χ1) is 23.2. The minimum Gasteiger partial charge on any atom is -0.396 e. The molecule has 0 aliphatic heterocycles. The van der Waals surface area contributed by atoms with Crippen molar-refractivity contribution < 1.29 is 20.4 Å². The van der Waals surface area contributed by atoms with Crippen molar-refractivity contribution in [2.75, 3.05) is 68.5 Å². The molecule has 0 radical (unpaired) electrons. The van der Waals surface area contributed by atoms with Crippen molar-refractivity contribution in [1.29, 1.82) is 0 Å². The van der Waals surface area contributed by atoms with Gasteiger partial charge < -0.3 is 25.3 Å². The van der Waals surface area contributed by atoms with Gasteiger partial charge in [-0.15, -0.1) is 0 Å². The summed E-state index contributed by atoms with van der Waals surface area (Å²) in [6.45, 7) is 1.33. The number of anilines is 1. The summed E-state index contributed by atoms with van der Waals surface area (Å²) in [4.78, 5) is 2.82. The zero-order valence-corrected chi connectivity index (χ0v) is 32.3. The molecule has 0 atom stereocenters. The Bertz CT molecular complexity index is 666. The molecule has 0 spiro atoms. The Balaban J connectivity index is 2.85. The largest absolute Gasteiger partial charge is 0.396 e. The van der Waals surface area contributed by atoms with Crippen LogP contribution >= 0.6 is 15.8 Å². The molecule has 47 heavy (non-hydrogen) atoms. The van der Waals surface area contributed by atoms with Crippen molar-refractivity contribution >= 4 is 21.5 Å². The molecule has 7 heteroatoms. The smallest absolute Gasteiger partial charge is 0.0431 e. The minimum absolute atomic E-state index is 0.0433. The second kappa shape index (κ2) is 35.5. The maximum atomic E-state index is 9.12. The first kappa shape index (κ1) is 44.7. The van der Waals surface area contributed by atoms with Crippen LogP contribution in [0.2, 0.25) is 0 Å². The van der Waals surface area contributed by atoms with Crippen molar-refractivity contribution in [3.05, 3.63) is 30.3 Å². The van der Waals surface area contributed by atoms with Gasteiger partial charge in [0.15, 0.2) is 0 Å². The molecule has 1 aromatic rings. The average molecular weight is 698 g/mol. The molecule has 0 aliphatic carbocycles. The Labute approximate surface area is 294 Å². The lowest BCUT2D eigenvalue weighted by Crippen LogP contribution is -2.26. The van der Waals surface area contributed by atoms with Gasteiger partial charge in [-0.25, -0.2) is 0 Å². The molecule has 1 aromatic carbocycles. The monoisotopic (exact) mass is 698 g/mol. The van der Waals surface area contributed by atoms with Gasteiger partial charge in [0.2, 0.25) is 0 Å². The molecule has 0 saturated heterocycles. The topological polar surface area (TPSA) is 84.2 Å². The van der Waals surface area contributed by atoms with E-state index in [0.717, 1.165) is 51.4 Å². The van der Waals surface area contributed by atoms with Crippen LogP contribution in [0.4, 0.5) is 5.69 Å². The Morgan fingerprint density at radius 1 is 0.340 bits per heavy atom. The van der Waals surface area contributed by atoms with E-state index >= 15 is 0 Å². The summed E-state index contributed by atoms with van der Waals surface area (Å²) in [5.41, 5.74) is 1.42. The van der Waals surface area contributed by atoms with Crippen LogP contribution in [-0.2, 0) is 0 Å². The molecule has 0 saturated carbocycles. The number of aliphatic hydroxyl groups is 4. The maximum Gasteiger partial charge on any atom is 0.0431 e. The Kier molecular flexibility index (Phi) is 33.8. The number of hydrogen-bond acceptors (Lipinski definition) is 5. The summed E-state index contributed by atoms with van der Waals surface area (Å²) in [5, 5.41) is 36.5. The highest BCUT2D eigenvalue weighted by Crippen LogP contribution is 2.45. The van der Waals surface area contributed by atoms with Crippen LogP contribution in [0.3, 0.4) is 0 Å². The molecule has 0 amide bonds. The summed E-state index contributed by atoms with van der Waals surface area (Å²) in [6.07, 6.45) is 37.5. The molecule has 276 valence electrons. The molecule has 4 N–H and O–H groups in total. The van der Waals surface area contributed by atoms with Crippen LogP contribution < -0.4 is 4.90 Å². The van der Waals surface area contributed by atoms with Crippen LogP contribution in [0.1, 0.15) is 154 Å². The average Bonchev–Trinajstić information content (AvgIpc) is 3.09. The number of benzene rings is 1. The van der Waals surface area contributed by atoms with Crippen molar-refractivity contribution in [3.8, 4) is 0 Å². The molecule has 5 nitrogen and oxygen atoms in total. The van der Waals surface area contributed by atoms with Crippen molar-refractivity contribution in [2.45, 2.75) is 154 Å². The summed E-state index contributed by atoms with van der Waals surface area (Å²) in [5.74, 6) is 0. The van der Waals surface area contributed by atoms with Crippen LogP contribution in [0.15, 0.2) is 30.3 Å². The Hall–Kier alpha value is -0.280. The fourth-order valence-electron chi connectivity index (χ4n) is 6.45. The fraction of sp³-hybridized carbons (Fsp3) is 0.850. The molecule has 0 aromatic heterocycles. The molecular weight excluding hydrogens is 620 g/mol. The van der Waals surface area contributed by atoms with Gasteiger partial charge in [0.1, 0.15) is 0 Å². The lowest BCUT2D eigenvalue weighted by molar-refractivity contribution is 0.282. The lowest BCUT2D eigenvalue weighted by Gasteiger charge is -2.34. The zero-order chi connectivity index (χ0) is 33.9. The van der Waals surface area contributed by atoms with Crippen LogP contribution in [0.5, 0.6) is 0 Å². The normalized spacial score (nSPS) is 11.7. The number of hydrogen-bond donors (Lipinski definition) is 4. The number of nitrogens with zero attached hydrogens (tertiary/aromatic N) is 1. The molecule has 0 aliphatic rings. The van der Waals surface area contributed by atoms with E-state index in [9.17, 15) is 0 Å². The van der Waals surface area contributed by atoms with Crippen LogP contribution in [-0.4, -0.2) is 84.1 Å². The third-order valence-electron chi connectivity index (χ3n) is 9.39. The first-order valence-electron chi connectivity index (χ1n) is 19.9. The van der Waals surface area contributed by atoms with Gasteiger partial charge in [0, 0.05) is 44.7 Å². The second-order valence-electron chi connectivity index (χ2n) is 13.8. The molecule has 0 heterocycles. The van der Waals surface area contributed by atoms with Crippen LogP contribution in [0, 0.1) is 0 Å². The number of aliphatic hydroxyl groups excluding tert-OH is 4. The van der Waals surface area contributed by atoms with Gasteiger partial charge in [-0.2, -0.15) is 0 Å². The summed E-state index contributed by atoms with van der Waals surface area (Å²) >= 11 is 0. The molecule has 1 rings (SSSR count). The van der Waals surface area contributed by atoms with Gasteiger partial charge in [-0.3, -0.25) is 0 Å². The maximum absolute atomic E-state index is 9.12. The summed E-state index contributed by atoms with van der Waals surface area (Å²) in [7, 11) is -0.0867. The van der Waals surface area contributed by atoms with Gasteiger partial charge in [0.25, 0.3) is 0 Å². The van der Waals surface area contributed by atoms with Crippen molar-refractivity contribution in [2.24, 2.45) is 0 Å². The van der Waals surface area contributed by atoms with E-state index in [0.29, 0.717) is 26.4 Å². The number of unbranched alkanes of at least 4 members (excludes halogenated alkanes) is 20. The third kappa shape index (κ3) is 28.1. The van der Waals surface area contributed by atoms with Crippen LogP contribution in [0.25, 0.3) is 0 Å². The predicted molar refractivity (Wildman–Crippen MR) is 211 cm³/mol. The Morgan fingerprint density at radius 2 is 0.596 bits per heavy atom. The summed E-state index contributed by atoms with van der Waals surface area (Å²) in [6, 6.07) is 11.3. The van der Waals surface area contributed by atoms with Gasteiger partial charge in [-0.05, 0) is 88.1 Å². The van der Waals surface area contributed by atoms with Crippen molar-refractivity contribution in [3.63, 3.8) is 0 Å². The molecule has 0 unspecified atom stereocenters. The highest BCUT2D eigenvalue weighted by Gasteiger charge is 2.19. The lowest BCUT2D eigenvalue weighted by atomic mass is 10.1. The predicted octanol–water partition coefficient (Wildman–Crippen LogP) is 10.7. The van der Waals surface area contributed by atoms with E-state index in [2.05, 4.69) is 35.2 Å². The van der Waals surface area contributed by atoms with E-state index in [1.54, 1.807) is 0 Å². The fourth-order valence-corrected chi connectivity index (χ4v) is 11.8. The third-order valence-corrected chi connectivity index (χ3v) is 14.7. The standard InChI is InChI=1S/C40H77NO4P2/c42-30-20-9-1-5-13-24-34-46(35-25-14-6-2-10-21-31-43)38-41(40-28-18-17-19-29-40)39-47(36-26-15-7-3-11-22-32-44)37-27-16-8-4-12-23-33-45/h17-19,28-29,42-45H,1-16,20-27,30-39H2. The quantitative estimate of drug-likeness (QED) is 0.0411. The van der Waals surface area contributed by atoms with E-state index in [-0.39, 0.29) is 15.8 Å². The molecule has 0 fully saturated rings. The van der Waals surface area contributed by atoms with E-state index in [1.165, 1.54) is 146 Å². The highest BCUT2D eigenvalue weighted by atomic mass is 31.1. The van der Waals surface area contributed by atoms with Crippen molar-refractivity contribution in [1.82, 2.24) is 0 Å². The second-order valence-corrected chi connectivity index (χ2v) is 18.8. The van der Waals surface area contributed by atoms with E-state index in [4.69, 9.17) is 20.4 Å². The molecular formula is C40H77NO4P2. The Morgan fingerprint density at radius 3 is 0.872 bits per heavy atom. The number of para-hydroxylation sites is 1. The van der Waals surface area contributed by atoms with E-state index < -0.39 is 0 Å². The number of rotatable bonds is 37. The van der Waals surface area contributed by atoms with E-state index in [1.807, 2.05) is 0 Å². The molecule has 0 bridgehead atoms. The summed E-state index contributed by atoms with van der Waals surface area (Å²) < 4.78 is 0. The first-order valence-corrected chi connectivity index (χ1v) is 23.7. The zero-order valence-electron chi connectivity index (χ0n) is 30.6. The van der Waals surface area contributed by atoms with Gasteiger partial charge in [-0.1, -0.05) is 137 Å².